The molecule has 0 aromatic rings. The zero-order chi connectivity index (χ0) is 15.2. The molecule has 0 aromatic heterocycles. The van der Waals surface area contributed by atoms with Gasteiger partial charge in [0.25, 0.3) is 0 Å². The van der Waals surface area contributed by atoms with Crippen LogP contribution in [0.15, 0.2) is 0 Å². The van der Waals surface area contributed by atoms with Gasteiger partial charge >= 0.3 is 12.1 Å². The Morgan fingerprint density at radius 2 is 1.79 bits per heavy atom. The van der Waals surface area contributed by atoms with Gasteiger partial charge in [-0.25, -0.2) is 4.79 Å². The molecule has 0 fully saturated rings. The van der Waals surface area contributed by atoms with Crippen molar-refractivity contribution in [3.05, 3.63) is 0 Å². The SMILES string of the molecule is CC(C)OC(=O)CC(CO)N(C)C(=O)OC(C)(C)C. The van der Waals surface area contributed by atoms with Crippen molar-refractivity contribution in [3.8, 4) is 0 Å². The second kappa shape index (κ2) is 7.33. The van der Waals surface area contributed by atoms with Crippen LogP contribution >= 0.6 is 0 Å². The van der Waals surface area contributed by atoms with E-state index in [0.29, 0.717) is 0 Å². The summed E-state index contributed by atoms with van der Waals surface area (Å²) >= 11 is 0. The minimum atomic E-state index is -0.652. The molecule has 6 nitrogen and oxygen atoms in total. The summed E-state index contributed by atoms with van der Waals surface area (Å²) in [5.41, 5.74) is -0.621. The van der Waals surface area contributed by atoms with Crippen molar-refractivity contribution < 1.29 is 24.2 Å². The molecule has 19 heavy (non-hydrogen) atoms. The van der Waals surface area contributed by atoms with Crippen molar-refractivity contribution in [2.75, 3.05) is 13.7 Å². The lowest BCUT2D eigenvalue weighted by Gasteiger charge is -2.29. The van der Waals surface area contributed by atoms with Crippen LogP contribution in [0.2, 0.25) is 0 Å². The summed E-state index contributed by atoms with van der Waals surface area (Å²) in [6.45, 7) is 8.40. The van der Waals surface area contributed by atoms with Gasteiger partial charge in [0.2, 0.25) is 0 Å². The Morgan fingerprint density at radius 1 is 1.26 bits per heavy atom. The molecule has 0 spiro atoms. The van der Waals surface area contributed by atoms with Crippen molar-refractivity contribution in [1.29, 1.82) is 0 Å². The van der Waals surface area contributed by atoms with E-state index in [1.54, 1.807) is 34.6 Å². The number of hydrogen-bond donors (Lipinski definition) is 1. The number of nitrogens with zero attached hydrogens (tertiary/aromatic N) is 1. The quantitative estimate of drug-likeness (QED) is 0.770. The van der Waals surface area contributed by atoms with Gasteiger partial charge in [-0.15, -0.1) is 0 Å². The number of carbonyl (C=O) groups is 2. The molecule has 6 heteroatoms. The smallest absolute Gasteiger partial charge is 0.410 e. The summed E-state index contributed by atoms with van der Waals surface area (Å²) in [6, 6.07) is -0.652. The van der Waals surface area contributed by atoms with Crippen molar-refractivity contribution in [2.45, 2.75) is 58.8 Å². The number of aliphatic hydroxyl groups is 1. The third kappa shape index (κ3) is 7.66. The molecular formula is C13H25NO5. The zero-order valence-corrected chi connectivity index (χ0v) is 12.6. The first-order valence-electron chi connectivity index (χ1n) is 6.33. The Labute approximate surface area is 114 Å². The van der Waals surface area contributed by atoms with E-state index in [4.69, 9.17) is 9.47 Å². The number of carbonyl (C=O) groups excluding carboxylic acids is 2. The minimum absolute atomic E-state index is 0.0651. The normalized spacial score (nSPS) is 13.1. The van der Waals surface area contributed by atoms with Crippen LogP contribution < -0.4 is 0 Å². The van der Waals surface area contributed by atoms with Crippen molar-refractivity contribution in [1.82, 2.24) is 4.90 Å². The number of esters is 1. The van der Waals surface area contributed by atoms with Gasteiger partial charge < -0.3 is 19.5 Å². The highest BCUT2D eigenvalue weighted by molar-refractivity contribution is 5.73. The zero-order valence-electron chi connectivity index (χ0n) is 12.6. The van der Waals surface area contributed by atoms with E-state index in [2.05, 4.69) is 0 Å². The van der Waals surface area contributed by atoms with Gasteiger partial charge in [-0.2, -0.15) is 0 Å². The maximum Gasteiger partial charge on any atom is 0.410 e. The number of amides is 1. The van der Waals surface area contributed by atoms with Crippen LogP contribution in [0, 0.1) is 0 Å². The molecule has 0 rings (SSSR count). The van der Waals surface area contributed by atoms with Crippen LogP contribution in [0.3, 0.4) is 0 Å². The summed E-state index contributed by atoms with van der Waals surface area (Å²) < 4.78 is 10.2. The molecule has 1 amide bonds. The molecule has 0 saturated carbocycles. The fourth-order valence-corrected chi connectivity index (χ4v) is 1.31. The Balaban J connectivity index is 4.51. The Bertz CT molecular complexity index is 309. The fraction of sp³-hybridized carbons (Fsp3) is 0.846. The lowest BCUT2D eigenvalue weighted by molar-refractivity contribution is -0.149. The Kier molecular flexibility index (Phi) is 6.83. The van der Waals surface area contributed by atoms with Crippen LogP contribution in [-0.2, 0) is 14.3 Å². The highest BCUT2D eigenvalue weighted by atomic mass is 16.6. The molecule has 0 aliphatic heterocycles. The minimum Gasteiger partial charge on any atom is -0.463 e. The standard InChI is InChI=1S/C13H25NO5/c1-9(2)18-11(16)7-10(8-15)14(6)12(17)19-13(3,4)5/h9-10,15H,7-8H2,1-6H3. The lowest BCUT2D eigenvalue weighted by Crippen LogP contribution is -2.43. The molecule has 0 heterocycles. The molecule has 1 atom stereocenters. The summed E-state index contributed by atoms with van der Waals surface area (Å²) in [7, 11) is 1.48. The van der Waals surface area contributed by atoms with Gasteiger partial charge in [-0.05, 0) is 34.6 Å². The third-order valence-corrected chi connectivity index (χ3v) is 2.21. The first-order valence-corrected chi connectivity index (χ1v) is 6.33. The second-order valence-electron chi connectivity index (χ2n) is 5.67. The van der Waals surface area contributed by atoms with E-state index < -0.39 is 23.7 Å². The molecule has 0 aliphatic carbocycles. The summed E-state index contributed by atoms with van der Waals surface area (Å²) in [6.07, 6.45) is -0.868. The summed E-state index contributed by atoms with van der Waals surface area (Å²) in [4.78, 5) is 24.5. The summed E-state index contributed by atoms with van der Waals surface area (Å²) in [5, 5.41) is 9.27. The van der Waals surface area contributed by atoms with E-state index in [-0.39, 0.29) is 19.1 Å². The largest absolute Gasteiger partial charge is 0.463 e. The Morgan fingerprint density at radius 3 is 2.16 bits per heavy atom. The van der Waals surface area contributed by atoms with Crippen molar-refractivity contribution >= 4 is 12.1 Å². The first kappa shape index (κ1) is 17.7. The van der Waals surface area contributed by atoms with E-state index in [0.717, 1.165) is 0 Å². The van der Waals surface area contributed by atoms with Gasteiger partial charge in [0.15, 0.2) is 0 Å². The van der Waals surface area contributed by atoms with E-state index in [1.165, 1.54) is 11.9 Å². The monoisotopic (exact) mass is 275 g/mol. The van der Waals surface area contributed by atoms with E-state index in [9.17, 15) is 14.7 Å². The van der Waals surface area contributed by atoms with Crippen LogP contribution in [-0.4, -0.2) is 53.5 Å². The molecule has 0 saturated heterocycles. The van der Waals surface area contributed by atoms with Crippen molar-refractivity contribution in [3.63, 3.8) is 0 Å². The number of ether oxygens (including phenoxy) is 2. The van der Waals surface area contributed by atoms with E-state index >= 15 is 0 Å². The molecule has 0 radical (unpaired) electrons. The first-order chi connectivity index (χ1) is 8.56. The maximum atomic E-state index is 11.8. The number of likely N-dealkylation sites (N-methyl/N-ethyl adjacent to an activating group) is 1. The summed E-state index contributed by atoms with van der Waals surface area (Å²) in [5.74, 6) is -0.454. The predicted octanol–water partition coefficient (Wildman–Crippen LogP) is 1.56. The topological polar surface area (TPSA) is 76.1 Å². The molecule has 0 aromatic carbocycles. The highest BCUT2D eigenvalue weighted by Crippen LogP contribution is 2.12. The Hall–Kier alpha value is -1.30. The molecule has 1 N–H and O–H groups in total. The van der Waals surface area contributed by atoms with Crippen molar-refractivity contribution in [2.24, 2.45) is 0 Å². The van der Waals surface area contributed by atoms with Crippen LogP contribution in [0.25, 0.3) is 0 Å². The van der Waals surface area contributed by atoms with Gasteiger partial charge in [0, 0.05) is 7.05 Å². The molecule has 0 aliphatic rings. The van der Waals surface area contributed by atoms with Gasteiger partial charge in [0.05, 0.1) is 25.2 Å². The van der Waals surface area contributed by atoms with Gasteiger partial charge in [0.1, 0.15) is 5.60 Å². The molecule has 1 unspecified atom stereocenters. The second-order valence-corrected chi connectivity index (χ2v) is 5.67. The average Bonchev–Trinajstić information content (AvgIpc) is 2.21. The predicted molar refractivity (Wildman–Crippen MR) is 70.7 cm³/mol. The number of aliphatic hydroxyl groups excluding tert-OH is 1. The average molecular weight is 275 g/mol. The van der Waals surface area contributed by atoms with Crippen LogP contribution in [0.1, 0.15) is 41.0 Å². The van der Waals surface area contributed by atoms with Crippen LogP contribution in [0.4, 0.5) is 4.79 Å². The van der Waals surface area contributed by atoms with Crippen LogP contribution in [0.5, 0.6) is 0 Å². The van der Waals surface area contributed by atoms with Gasteiger partial charge in [-0.1, -0.05) is 0 Å². The van der Waals surface area contributed by atoms with Gasteiger partial charge in [-0.3, -0.25) is 4.79 Å². The third-order valence-electron chi connectivity index (χ3n) is 2.21. The fourth-order valence-electron chi connectivity index (χ4n) is 1.31. The lowest BCUT2D eigenvalue weighted by atomic mass is 10.2. The molecular weight excluding hydrogens is 250 g/mol. The number of rotatable bonds is 5. The molecule has 0 bridgehead atoms. The maximum absolute atomic E-state index is 11.8. The number of hydrogen-bond acceptors (Lipinski definition) is 5. The highest BCUT2D eigenvalue weighted by Gasteiger charge is 2.27. The van der Waals surface area contributed by atoms with E-state index in [1.807, 2.05) is 0 Å². The molecule has 112 valence electrons.